The Bertz CT molecular complexity index is 573. The van der Waals surface area contributed by atoms with Crippen molar-refractivity contribution in [1.29, 1.82) is 0 Å². The summed E-state index contributed by atoms with van der Waals surface area (Å²) in [5, 5.41) is 0. The fourth-order valence-corrected chi connectivity index (χ4v) is 2.18. The third kappa shape index (κ3) is 6.57. The van der Waals surface area contributed by atoms with Gasteiger partial charge in [-0.25, -0.2) is 8.42 Å². The molecular weight excluding hydrogens is 333 g/mol. The minimum atomic E-state index is -5.15. The third-order valence-corrected chi connectivity index (χ3v) is 5.24. The second-order valence-corrected chi connectivity index (χ2v) is 8.17. The zero-order valence-corrected chi connectivity index (χ0v) is 16.4. The van der Waals surface area contributed by atoms with E-state index in [1.807, 2.05) is 0 Å². The van der Waals surface area contributed by atoms with Crippen molar-refractivity contribution in [2.45, 2.75) is 25.5 Å². The van der Waals surface area contributed by atoms with Crippen molar-refractivity contribution < 1.29 is 77.5 Å². The molecule has 0 amide bonds. The van der Waals surface area contributed by atoms with Gasteiger partial charge >= 0.3 is 58.4 Å². The van der Waals surface area contributed by atoms with E-state index in [1.54, 1.807) is 20.8 Å². The van der Waals surface area contributed by atoms with Crippen molar-refractivity contribution in [3.05, 3.63) is 18.5 Å². The van der Waals surface area contributed by atoms with Crippen molar-refractivity contribution in [3.63, 3.8) is 0 Å². The van der Waals surface area contributed by atoms with Gasteiger partial charge in [-0.3, -0.25) is 4.98 Å². The molecule has 0 atom stereocenters. The van der Waals surface area contributed by atoms with Crippen LogP contribution in [0.1, 0.15) is 20.8 Å². The molecule has 1 heterocycles. The number of pyridine rings is 1. The van der Waals surface area contributed by atoms with Crippen molar-refractivity contribution >= 4 is 22.3 Å². The zero-order valence-electron chi connectivity index (χ0n) is 12.4. The van der Waals surface area contributed by atoms with Gasteiger partial charge in [-0.1, -0.05) is 5.46 Å². The molecule has 0 unspecified atom stereocenters. The molecule has 0 radical (unpaired) electrons. The minimum Gasteiger partial charge on any atom is -0.491 e. The van der Waals surface area contributed by atoms with Gasteiger partial charge in [0.25, 0.3) is 0 Å². The monoisotopic (exact) mass is 349 g/mol. The summed E-state index contributed by atoms with van der Waals surface area (Å²) in [4.78, 5) is 3.44. The quantitative estimate of drug-likeness (QED) is 0.623. The van der Waals surface area contributed by atoms with Gasteiger partial charge in [-0.05, 0) is 26.8 Å². The summed E-state index contributed by atoms with van der Waals surface area (Å²) in [5.41, 5.74) is -0.874. The number of sulfone groups is 1. The van der Waals surface area contributed by atoms with Gasteiger partial charge in [0.2, 0.25) is 0 Å². The summed E-state index contributed by atoms with van der Waals surface area (Å²) in [6.45, 7) is -0.705. The van der Waals surface area contributed by atoms with E-state index in [9.17, 15) is 21.4 Å². The molecule has 0 aliphatic carbocycles. The minimum absolute atomic E-state index is 0. The Labute approximate surface area is 165 Å². The van der Waals surface area contributed by atoms with E-state index in [2.05, 4.69) is 4.98 Å². The SMILES string of the molecule is CC(C)(C)S(=O)(=O)CCOc1cncc([B-](F)(F)F)c1.[K+]. The van der Waals surface area contributed by atoms with Crippen LogP contribution in [0.25, 0.3) is 0 Å². The van der Waals surface area contributed by atoms with Crippen molar-refractivity contribution in [1.82, 2.24) is 4.98 Å². The fraction of sp³-hybridized carbons (Fsp3) is 0.545. The molecule has 0 bridgehead atoms. The van der Waals surface area contributed by atoms with Gasteiger partial charge in [-0.15, -0.1) is 0 Å². The van der Waals surface area contributed by atoms with Crippen LogP contribution >= 0.6 is 0 Å². The molecule has 1 aromatic heterocycles. The Morgan fingerprint density at radius 3 is 2.29 bits per heavy atom. The first-order chi connectivity index (χ1) is 8.93. The van der Waals surface area contributed by atoms with E-state index in [4.69, 9.17) is 4.74 Å². The van der Waals surface area contributed by atoms with E-state index in [0.717, 1.165) is 12.3 Å². The standard InChI is InChI=1S/C11H16BF3NO3S.K/c1-11(2,3)20(17,18)5-4-19-10-6-9(7-16-8-10)12(13,14)15;/h6-8H,4-5H2,1-3H3;/q-1;+1. The van der Waals surface area contributed by atoms with Gasteiger partial charge in [0.15, 0.2) is 9.84 Å². The maximum atomic E-state index is 12.5. The molecule has 0 N–H and O–H groups in total. The number of nitrogens with zero attached hydrogens (tertiary/aromatic N) is 1. The second kappa shape index (κ2) is 7.78. The molecule has 0 aromatic carbocycles. The van der Waals surface area contributed by atoms with Crippen molar-refractivity contribution in [2.75, 3.05) is 12.4 Å². The van der Waals surface area contributed by atoms with Crippen LogP contribution in [0.4, 0.5) is 12.9 Å². The molecule has 0 aliphatic heterocycles. The summed E-state index contributed by atoms with van der Waals surface area (Å²) < 4.78 is 65.2. The van der Waals surface area contributed by atoms with Crippen LogP contribution in [0.3, 0.4) is 0 Å². The van der Waals surface area contributed by atoms with Gasteiger partial charge in [-0.2, -0.15) is 0 Å². The maximum Gasteiger partial charge on any atom is 1.00 e. The molecule has 10 heteroatoms. The number of aromatic nitrogens is 1. The molecule has 0 spiro atoms. The van der Waals surface area contributed by atoms with Crippen LogP contribution in [-0.4, -0.2) is 37.5 Å². The van der Waals surface area contributed by atoms with Crippen LogP contribution in [0, 0.1) is 0 Å². The molecule has 21 heavy (non-hydrogen) atoms. The molecule has 0 fully saturated rings. The average Bonchev–Trinajstić information content (AvgIpc) is 2.26. The summed E-state index contributed by atoms with van der Waals surface area (Å²) in [7, 11) is -3.37. The molecule has 0 saturated carbocycles. The van der Waals surface area contributed by atoms with E-state index in [1.165, 1.54) is 0 Å². The molecular formula is C11H16BF3KNO3S. The summed E-state index contributed by atoms with van der Waals surface area (Å²) in [6, 6.07) is 0.816. The van der Waals surface area contributed by atoms with Crippen molar-refractivity contribution in [3.8, 4) is 5.75 Å². The van der Waals surface area contributed by atoms with Crippen LogP contribution < -0.4 is 61.6 Å². The summed E-state index contributed by atoms with van der Waals surface area (Å²) in [5.74, 6) is -0.358. The Morgan fingerprint density at radius 2 is 1.81 bits per heavy atom. The van der Waals surface area contributed by atoms with Crippen molar-refractivity contribution in [2.24, 2.45) is 0 Å². The summed E-state index contributed by atoms with van der Waals surface area (Å²) in [6.07, 6.45) is 1.83. The predicted molar refractivity (Wildman–Crippen MR) is 72.0 cm³/mol. The fourth-order valence-electron chi connectivity index (χ4n) is 1.27. The number of halogens is 3. The van der Waals surface area contributed by atoms with Crippen LogP contribution in [-0.2, 0) is 9.84 Å². The predicted octanol–water partition coefficient (Wildman–Crippen LogP) is -1.27. The first-order valence-corrected chi connectivity index (χ1v) is 7.59. The van der Waals surface area contributed by atoms with Gasteiger partial charge in [0.1, 0.15) is 12.4 Å². The first-order valence-electron chi connectivity index (χ1n) is 5.93. The third-order valence-electron chi connectivity index (χ3n) is 2.67. The van der Waals surface area contributed by atoms with E-state index in [-0.39, 0.29) is 69.5 Å². The zero-order chi connectivity index (χ0) is 15.6. The van der Waals surface area contributed by atoms with Gasteiger partial charge < -0.3 is 17.7 Å². The molecule has 4 nitrogen and oxygen atoms in total. The topological polar surface area (TPSA) is 56.3 Å². The average molecular weight is 349 g/mol. The second-order valence-electron chi connectivity index (χ2n) is 5.31. The van der Waals surface area contributed by atoms with Crippen LogP contribution in [0.5, 0.6) is 5.75 Å². The molecule has 0 saturated heterocycles. The van der Waals surface area contributed by atoms with Gasteiger partial charge in [0, 0.05) is 6.20 Å². The molecule has 0 aliphatic rings. The Morgan fingerprint density at radius 1 is 1.24 bits per heavy atom. The Balaban J connectivity index is 0.00000400. The number of hydrogen-bond acceptors (Lipinski definition) is 4. The Kier molecular flexibility index (Phi) is 7.93. The van der Waals surface area contributed by atoms with Gasteiger partial charge in [0.05, 0.1) is 16.7 Å². The Hall–Kier alpha value is 0.391. The summed E-state index contributed by atoms with van der Waals surface area (Å²) >= 11 is 0. The van der Waals surface area contributed by atoms with Crippen LogP contribution in [0.15, 0.2) is 18.5 Å². The van der Waals surface area contributed by atoms with E-state index >= 15 is 0 Å². The largest absolute Gasteiger partial charge is 1.00 e. The van der Waals surface area contributed by atoms with E-state index < -0.39 is 27.0 Å². The molecule has 114 valence electrons. The normalized spacial score (nSPS) is 12.7. The number of rotatable bonds is 5. The van der Waals surface area contributed by atoms with E-state index in [0.29, 0.717) is 6.20 Å². The molecule has 1 rings (SSSR count). The number of ether oxygens (including phenoxy) is 1. The molecule has 1 aromatic rings. The smallest absolute Gasteiger partial charge is 0.491 e. The maximum absolute atomic E-state index is 12.5. The first kappa shape index (κ1) is 21.4. The number of hydrogen-bond donors (Lipinski definition) is 0. The van der Waals surface area contributed by atoms with Crippen LogP contribution in [0.2, 0.25) is 0 Å².